The van der Waals surface area contributed by atoms with E-state index in [0.29, 0.717) is 6.04 Å². The third-order valence-corrected chi connectivity index (χ3v) is 2.99. The second-order valence-electron chi connectivity index (χ2n) is 4.89. The van der Waals surface area contributed by atoms with Crippen molar-refractivity contribution in [3.8, 4) is 0 Å². The Kier molecular flexibility index (Phi) is 8.17. The highest BCUT2D eigenvalue weighted by Gasteiger charge is 2.19. The summed E-state index contributed by atoms with van der Waals surface area (Å²) in [5, 5.41) is 3.37. The van der Waals surface area contributed by atoms with Crippen molar-refractivity contribution in [3.63, 3.8) is 0 Å². The molecule has 17 heavy (non-hydrogen) atoms. The molecule has 1 N–H and O–H groups in total. The van der Waals surface area contributed by atoms with Crippen LogP contribution >= 0.6 is 0 Å². The van der Waals surface area contributed by atoms with Crippen LogP contribution in [0.15, 0.2) is 0 Å². The van der Waals surface area contributed by atoms with E-state index in [-0.39, 0.29) is 11.9 Å². The zero-order valence-corrected chi connectivity index (χ0v) is 12.3. The van der Waals surface area contributed by atoms with Crippen molar-refractivity contribution in [1.29, 1.82) is 0 Å². The molecule has 0 aliphatic rings. The SMILES string of the molecule is CCN(CC)C(=O)C(C)NC(C)CCN(C)C. The number of hydrogen-bond acceptors (Lipinski definition) is 3. The molecular weight excluding hydrogens is 214 g/mol. The van der Waals surface area contributed by atoms with Gasteiger partial charge in [-0.05, 0) is 54.8 Å². The number of carbonyl (C=O) groups excluding carboxylic acids is 1. The van der Waals surface area contributed by atoms with Gasteiger partial charge in [-0.2, -0.15) is 0 Å². The summed E-state index contributed by atoms with van der Waals surface area (Å²) < 4.78 is 0. The Balaban J connectivity index is 4.06. The quantitative estimate of drug-likeness (QED) is 0.695. The fraction of sp³-hybridized carbons (Fsp3) is 0.923. The lowest BCUT2D eigenvalue weighted by molar-refractivity contribution is -0.132. The Morgan fingerprint density at radius 3 is 2.12 bits per heavy atom. The van der Waals surface area contributed by atoms with Gasteiger partial charge in [-0.15, -0.1) is 0 Å². The molecular formula is C13H29N3O. The Bertz CT molecular complexity index is 215. The molecule has 0 rings (SSSR count). The largest absolute Gasteiger partial charge is 0.342 e. The highest BCUT2D eigenvalue weighted by molar-refractivity contribution is 5.81. The molecule has 0 radical (unpaired) electrons. The zero-order chi connectivity index (χ0) is 13.4. The standard InChI is InChI=1S/C13H29N3O/c1-7-16(8-2)13(17)12(4)14-11(3)9-10-15(5)6/h11-12,14H,7-10H2,1-6H3. The number of carbonyl (C=O) groups is 1. The molecule has 0 bridgehead atoms. The first-order valence-corrected chi connectivity index (χ1v) is 6.61. The smallest absolute Gasteiger partial charge is 0.239 e. The second kappa shape index (κ2) is 8.48. The summed E-state index contributed by atoms with van der Waals surface area (Å²) in [4.78, 5) is 16.1. The first-order chi connectivity index (χ1) is 7.92. The molecule has 0 aliphatic heterocycles. The van der Waals surface area contributed by atoms with Crippen LogP contribution in [0, 0.1) is 0 Å². The van der Waals surface area contributed by atoms with E-state index in [2.05, 4.69) is 31.2 Å². The van der Waals surface area contributed by atoms with Gasteiger partial charge in [0.15, 0.2) is 0 Å². The lowest BCUT2D eigenvalue weighted by Crippen LogP contribution is -2.48. The third-order valence-electron chi connectivity index (χ3n) is 2.99. The van der Waals surface area contributed by atoms with Gasteiger partial charge >= 0.3 is 0 Å². The normalized spacial score (nSPS) is 14.8. The van der Waals surface area contributed by atoms with Crippen LogP contribution in [0.2, 0.25) is 0 Å². The maximum atomic E-state index is 12.0. The molecule has 0 heterocycles. The van der Waals surface area contributed by atoms with Gasteiger partial charge in [-0.1, -0.05) is 0 Å². The van der Waals surface area contributed by atoms with Crippen molar-refractivity contribution < 1.29 is 4.79 Å². The molecule has 0 aromatic carbocycles. The Morgan fingerprint density at radius 2 is 1.71 bits per heavy atom. The number of nitrogens with one attached hydrogen (secondary N) is 1. The first-order valence-electron chi connectivity index (χ1n) is 6.61. The molecule has 0 saturated carbocycles. The molecule has 2 unspecified atom stereocenters. The molecule has 2 atom stereocenters. The fourth-order valence-electron chi connectivity index (χ4n) is 1.84. The molecule has 0 aromatic rings. The fourth-order valence-corrected chi connectivity index (χ4v) is 1.84. The maximum absolute atomic E-state index is 12.0. The average Bonchev–Trinajstić information content (AvgIpc) is 2.27. The van der Waals surface area contributed by atoms with E-state index in [1.807, 2.05) is 25.7 Å². The van der Waals surface area contributed by atoms with E-state index in [0.717, 1.165) is 26.1 Å². The Morgan fingerprint density at radius 1 is 1.18 bits per heavy atom. The second-order valence-corrected chi connectivity index (χ2v) is 4.89. The number of hydrogen-bond donors (Lipinski definition) is 1. The number of rotatable bonds is 8. The summed E-state index contributed by atoms with van der Waals surface area (Å²) in [6.45, 7) is 10.7. The van der Waals surface area contributed by atoms with Gasteiger partial charge in [0.1, 0.15) is 0 Å². The Hall–Kier alpha value is -0.610. The van der Waals surface area contributed by atoms with Gasteiger partial charge in [-0.25, -0.2) is 0 Å². The van der Waals surface area contributed by atoms with Crippen LogP contribution < -0.4 is 5.32 Å². The third kappa shape index (κ3) is 6.64. The predicted molar refractivity (Wildman–Crippen MR) is 73.2 cm³/mol. The minimum absolute atomic E-state index is 0.0907. The van der Waals surface area contributed by atoms with Gasteiger partial charge in [-0.3, -0.25) is 4.79 Å². The number of likely N-dealkylation sites (N-methyl/N-ethyl adjacent to an activating group) is 1. The summed E-state index contributed by atoms with van der Waals surface area (Å²) in [6.07, 6.45) is 1.06. The van der Waals surface area contributed by atoms with Gasteiger partial charge in [0.25, 0.3) is 0 Å². The molecule has 0 saturated heterocycles. The minimum atomic E-state index is -0.0907. The van der Waals surface area contributed by atoms with Crippen LogP contribution in [-0.2, 0) is 4.79 Å². The van der Waals surface area contributed by atoms with Crippen molar-refractivity contribution in [2.45, 2.75) is 46.2 Å². The zero-order valence-electron chi connectivity index (χ0n) is 12.3. The van der Waals surface area contributed by atoms with Crippen LogP contribution in [0.25, 0.3) is 0 Å². The monoisotopic (exact) mass is 243 g/mol. The van der Waals surface area contributed by atoms with E-state index < -0.39 is 0 Å². The first kappa shape index (κ1) is 16.4. The van der Waals surface area contributed by atoms with E-state index in [1.54, 1.807) is 0 Å². The van der Waals surface area contributed by atoms with Crippen LogP contribution in [0.1, 0.15) is 34.1 Å². The van der Waals surface area contributed by atoms with Crippen molar-refractivity contribution in [1.82, 2.24) is 15.1 Å². The van der Waals surface area contributed by atoms with Crippen LogP contribution in [0.5, 0.6) is 0 Å². The van der Waals surface area contributed by atoms with Crippen LogP contribution in [0.3, 0.4) is 0 Å². The van der Waals surface area contributed by atoms with Crippen molar-refractivity contribution >= 4 is 5.91 Å². The van der Waals surface area contributed by atoms with Gasteiger partial charge in [0.05, 0.1) is 6.04 Å². The molecule has 0 spiro atoms. The van der Waals surface area contributed by atoms with Crippen molar-refractivity contribution in [2.75, 3.05) is 33.7 Å². The van der Waals surface area contributed by atoms with Gasteiger partial charge in [0.2, 0.25) is 5.91 Å². The van der Waals surface area contributed by atoms with Crippen molar-refractivity contribution in [2.24, 2.45) is 0 Å². The lowest BCUT2D eigenvalue weighted by Gasteiger charge is -2.26. The molecule has 102 valence electrons. The lowest BCUT2D eigenvalue weighted by atomic mass is 10.2. The predicted octanol–water partition coefficient (Wildman–Crippen LogP) is 1.17. The van der Waals surface area contributed by atoms with Gasteiger partial charge < -0.3 is 15.1 Å². The van der Waals surface area contributed by atoms with Crippen LogP contribution in [-0.4, -0.2) is 61.5 Å². The van der Waals surface area contributed by atoms with E-state index >= 15 is 0 Å². The van der Waals surface area contributed by atoms with Crippen LogP contribution in [0.4, 0.5) is 0 Å². The van der Waals surface area contributed by atoms with Gasteiger partial charge in [0, 0.05) is 19.1 Å². The van der Waals surface area contributed by atoms with Crippen molar-refractivity contribution in [3.05, 3.63) is 0 Å². The molecule has 0 fully saturated rings. The highest BCUT2D eigenvalue weighted by atomic mass is 16.2. The average molecular weight is 243 g/mol. The Labute approximate surface area is 106 Å². The number of nitrogens with zero attached hydrogens (tertiary/aromatic N) is 2. The summed E-state index contributed by atoms with van der Waals surface area (Å²) in [6, 6.07) is 0.277. The number of amides is 1. The minimum Gasteiger partial charge on any atom is -0.342 e. The summed E-state index contributed by atoms with van der Waals surface area (Å²) in [5.74, 6) is 0.201. The van der Waals surface area contributed by atoms with E-state index in [1.165, 1.54) is 0 Å². The molecule has 4 heteroatoms. The molecule has 4 nitrogen and oxygen atoms in total. The highest BCUT2D eigenvalue weighted by Crippen LogP contribution is 1.99. The summed E-state index contributed by atoms with van der Waals surface area (Å²) >= 11 is 0. The summed E-state index contributed by atoms with van der Waals surface area (Å²) in [7, 11) is 4.13. The topological polar surface area (TPSA) is 35.6 Å². The summed E-state index contributed by atoms with van der Waals surface area (Å²) in [5.41, 5.74) is 0. The molecule has 0 aromatic heterocycles. The molecule has 1 amide bonds. The van der Waals surface area contributed by atoms with E-state index in [9.17, 15) is 4.79 Å². The van der Waals surface area contributed by atoms with E-state index in [4.69, 9.17) is 0 Å². The maximum Gasteiger partial charge on any atom is 0.239 e. The molecule has 0 aliphatic carbocycles.